The number of ketones is 1. The van der Waals surface area contributed by atoms with Crippen molar-refractivity contribution < 1.29 is 19.4 Å². The molecule has 0 aliphatic carbocycles. The summed E-state index contributed by atoms with van der Waals surface area (Å²) in [5.41, 5.74) is 0.429. The lowest BCUT2D eigenvalue weighted by molar-refractivity contribution is -0.152. The van der Waals surface area contributed by atoms with E-state index >= 15 is 0 Å². The van der Waals surface area contributed by atoms with E-state index in [1.165, 1.54) is 13.8 Å². The first-order valence-corrected chi connectivity index (χ1v) is 9.28. The highest BCUT2D eigenvalue weighted by atomic mass is 16.5. The normalized spacial score (nSPS) is 15.3. The molecule has 28 heavy (non-hydrogen) atoms. The fourth-order valence-electron chi connectivity index (χ4n) is 3.06. The molecule has 2 aromatic rings. The summed E-state index contributed by atoms with van der Waals surface area (Å²) >= 11 is 0. The number of aliphatic carboxylic acids is 1. The Kier molecular flexibility index (Phi) is 5.94. The monoisotopic (exact) mass is 383 g/mol. The molecule has 0 amide bonds. The molecule has 7 heteroatoms. The molecule has 0 atom stereocenters. The molecule has 1 aromatic carbocycles. The molecule has 7 nitrogen and oxygen atoms in total. The zero-order valence-electron chi connectivity index (χ0n) is 16.2. The van der Waals surface area contributed by atoms with Crippen molar-refractivity contribution in [2.75, 3.05) is 37.6 Å². The van der Waals surface area contributed by atoms with Crippen LogP contribution in [0.25, 0.3) is 0 Å². The van der Waals surface area contributed by atoms with E-state index in [1.54, 1.807) is 36.7 Å². The molecule has 0 unspecified atom stereocenters. The van der Waals surface area contributed by atoms with E-state index in [9.17, 15) is 9.59 Å². The molecule has 148 valence electrons. The number of anilines is 1. The van der Waals surface area contributed by atoms with Crippen LogP contribution in [-0.2, 0) is 4.79 Å². The van der Waals surface area contributed by atoms with Gasteiger partial charge in [-0.1, -0.05) is 0 Å². The number of hydrogen-bond donors (Lipinski definition) is 1. The molecule has 1 aromatic heterocycles. The third kappa shape index (κ3) is 4.86. The minimum absolute atomic E-state index is 0.0430. The van der Waals surface area contributed by atoms with Crippen LogP contribution in [0, 0.1) is 0 Å². The van der Waals surface area contributed by atoms with Crippen molar-refractivity contribution in [2.24, 2.45) is 0 Å². The van der Waals surface area contributed by atoms with Gasteiger partial charge in [-0.15, -0.1) is 0 Å². The zero-order valence-corrected chi connectivity index (χ0v) is 16.2. The first-order chi connectivity index (χ1) is 13.3. The molecule has 2 heterocycles. The number of Topliss-reactive ketones (excluding diaryl/α,β-unsaturated/α-hetero) is 1. The minimum Gasteiger partial charge on any atom is -0.478 e. The molecule has 1 saturated heterocycles. The van der Waals surface area contributed by atoms with Crippen LogP contribution in [-0.4, -0.2) is 65.1 Å². The lowest BCUT2D eigenvalue weighted by Crippen LogP contribution is -2.48. The second-order valence-corrected chi connectivity index (χ2v) is 7.33. The van der Waals surface area contributed by atoms with Gasteiger partial charge in [-0.3, -0.25) is 14.7 Å². The smallest absolute Gasteiger partial charge is 0.347 e. The highest BCUT2D eigenvalue weighted by molar-refractivity contribution is 5.97. The summed E-state index contributed by atoms with van der Waals surface area (Å²) in [5.74, 6) is -0.574. The second-order valence-electron chi connectivity index (χ2n) is 7.33. The van der Waals surface area contributed by atoms with E-state index in [2.05, 4.69) is 14.8 Å². The lowest BCUT2D eigenvalue weighted by atomic mass is 10.1. The number of carbonyl (C=O) groups excluding carboxylic acids is 1. The van der Waals surface area contributed by atoms with Crippen LogP contribution in [0.1, 0.15) is 24.2 Å². The number of carbonyl (C=O) groups is 2. The Balaban J connectivity index is 1.52. The molecule has 1 aliphatic rings. The number of carboxylic acid groups (broad SMARTS) is 1. The molecule has 1 fully saturated rings. The van der Waals surface area contributed by atoms with Gasteiger partial charge in [0.25, 0.3) is 0 Å². The summed E-state index contributed by atoms with van der Waals surface area (Å²) in [6.45, 7) is 6.72. The molecule has 0 saturated carbocycles. The average molecular weight is 383 g/mol. The van der Waals surface area contributed by atoms with Crippen LogP contribution < -0.4 is 9.64 Å². The number of rotatable bonds is 7. The number of aromatic nitrogens is 1. The van der Waals surface area contributed by atoms with Crippen molar-refractivity contribution in [1.82, 2.24) is 9.88 Å². The average Bonchev–Trinajstić information content (AvgIpc) is 2.69. The Hall–Kier alpha value is -2.93. The molecule has 1 aliphatic heterocycles. The Morgan fingerprint density at radius 2 is 1.64 bits per heavy atom. The van der Waals surface area contributed by atoms with E-state index < -0.39 is 11.6 Å². The topological polar surface area (TPSA) is 83.0 Å². The Morgan fingerprint density at radius 3 is 2.21 bits per heavy atom. The second kappa shape index (κ2) is 8.39. The maximum absolute atomic E-state index is 12.6. The van der Waals surface area contributed by atoms with Gasteiger partial charge in [-0.2, -0.15) is 0 Å². The molecule has 1 N–H and O–H groups in total. The number of hydrogen-bond acceptors (Lipinski definition) is 6. The van der Waals surface area contributed by atoms with Crippen LogP contribution in [0.15, 0.2) is 48.8 Å². The summed E-state index contributed by atoms with van der Waals surface area (Å²) < 4.78 is 5.47. The summed E-state index contributed by atoms with van der Waals surface area (Å²) in [6, 6.07) is 10.6. The largest absolute Gasteiger partial charge is 0.478 e. The first kappa shape index (κ1) is 19.8. The molecule has 0 radical (unpaired) electrons. The predicted molar refractivity (Wildman–Crippen MR) is 106 cm³/mol. The van der Waals surface area contributed by atoms with Gasteiger partial charge in [-0.05, 0) is 50.2 Å². The highest BCUT2D eigenvalue weighted by Gasteiger charge is 2.29. The number of ether oxygens (including phenoxy) is 1. The highest BCUT2D eigenvalue weighted by Crippen LogP contribution is 2.20. The zero-order chi connectivity index (χ0) is 20.1. The van der Waals surface area contributed by atoms with Crippen molar-refractivity contribution in [1.29, 1.82) is 0 Å². The van der Waals surface area contributed by atoms with E-state index in [1.807, 2.05) is 12.1 Å². The first-order valence-electron chi connectivity index (χ1n) is 9.28. The number of carboxylic acids is 1. The summed E-state index contributed by atoms with van der Waals surface area (Å²) in [4.78, 5) is 32.2. The van der Waals surface area contributed by atoms with Crippen LogP contribution in [0.3, 0.4) is 0 Å². The van der Waals surface area contributed by atoms with E-state index in [4.69, 9.17) is 9.84 Å². The number of benzene rings is 1. The summed E-state index contributed by atoms with van der Waals surface area (Å²) in [5, 5.41) is 9.13. The van der Waals surface area contributed by atoms with Crippen molar-refractivity contribution in [3.8, 4) is 5.75 Å². The molecule has 3 rings (SSSR count). The number of pyridine rings is 1. The molecule has 0 spiro atoms. The summed E-state index contributed by atoms with van der Waals surface area (Å²) in [6.07, 6.45) is 3.58. The summed E-state index contributed by atoms with van der Waals surface area (Å²) in [7, 11) is 0. The maximum atomic E-state index is 12.6. The number of nitrogens with zero attached hydrogens (tertiary/aromatic N) is 3. The molecule has 0 bridgehead atoms. The van der Waals surface area contributed by atoms with Crippen molar-refractivity contribution >= 4 is 17.4 Å². The van der Waals surface area contributed by atoms with Crippen molar-refractivity contribution in [2.45, 2.75) is 19.4 Å². The fourth-order valence-corrected chi connectivity index (χ4v) is 3.06. The van der Waals surface area contributed by atoms with Crippen molar-refractivity contribution in [3.05, 3.63) is 54.4 Å². The van der Waals surface area contributed by atoms with Crippen LogP contribution in [0.5, 0.6) is 5.75 Å². The van der Waals surface area contributed by atoms with Gasteiger partial charge in [0, 0.05) is 49.8 Å². The van der Waals surface area contributed by atoms with Gasteiger partial charge in [0.05, 0.1) is 6.54 Å². The van der Waals surface area contributed by atoms with E-state index in [-0.39, 0.29) is 5.78 Å². The van der Waals surface area contributed by atoms with Gasteiger partial charge in [0.15, 0.2) is 11.4 Å². The quantitative estimate of drug-likeness (QED) is 0.735. The lowest BCUT2D eigenvalue weighted by Gasteiger charge is -2.35. The molecular formula is C21H25N3O4. The number of piperazine rings is 1. The Bertz CT molecular complexity index is 813. The van der Waals surface area contributed by atoms with Gasteiger partial charge >= 0.3 is 5.97 Å². The maximum Gasteiger partial charge on any atom is 0.347 e. The van der Waals surface area contributed by atoms with E-state index in [0.717, 1.165) is 31.9 Å². The van der Waals surface area contributed by atoms with Crippen molar-refractivity contribution in [3.63, 3.8) is 0 Å². The van der Waals surface area contributed by atoms with Crippen LogP contribution in [0.4, 0.5) is 5.69 Å². The van der Waals surface area contributed by atoms with E-state index in [0.29, 0.717) is 17.9 Å². The van der Waals surface area contributed by atoms with Gasteiger partial charge < -0.3 is 14.7 Å². The third-order valence-corrected chi connectivity index (χ3v) is 4.83. The molecular weight excluding hydrogens is 358 g/mol. The Labute approximate surface area is 164 Å². The minimum atomic E-state index is -1.32. The van der Waals surface area contributed by atoms with Crippen LogP contribution >= 0.6 is 0 Å². The van der Waals surface area contributed by atoms with Gasteiger partial charge in [-0.25, -0.2) is 4.79 Å². The third-order valence-electron chi connectivity index (χ3n) is 4.83. The standard InChI is InChI=1S/C21H25N3O4/c1-21(2,20(26)27)28-18-5-3-16(4-6-18)19(25)15-23-11-13-24(14-12-23)17-7-9-22-10-8-17/h3-10H,11-15H2,1-2H3,(H,26,27). The van der Waals surface area contributed by atoms with Gasteiger partial charge in [0.2, 0.25) is 0 Å². The SMILES string of the molecule is CC(C)(Oc1ccc(C(=O)CN2CCN(c3ccncc3)CC2)cc1)C(=O)O. The van der Waals surface area contributed by atoms with Crippen LogP contribution in [0.2, 0.25) is 0 Å². The Morgan fingerprint density at radius 1 is 1.04 bits per heavy atom. The van der Waals surface area contributed by atoms with Gasteiger partial charge in [0.1, 0.15) is 5.75 Å². The predicted octanol–water partition coefficient (Wildman–Crippen LogP) is 2.33. The fraction of sp³-hybridized carbons (Fsp3) is 0.381.